The zero-order valence-electron chi connectivity index (χ0n) is 19.8. The summed E-state index contributed by atoms with van der Waals surface area (Å²) < 4.78 is 22.0. The lowest BCUT2D eigenvalue weighted by atomic mass is 9.61. The third-order valence-electron chi connectivity index (χ3n) is 7.33. The number of ether oxygens (including phenoxy) is 1. The number of thiophene rings is 1. The highest BCUT2D eigenvalue weighted by molar-refractivity contribution is 7.19. The van der Waals surface area contributed by atoms with Crippen molar-refractivity contribution < 1.29 is 13.9 Å². The van der Waals surface area contributed by atoms with Crippen LogP contribution in [0.3, 0.4) is 0 Å². The van der Waals surface area contributed by atoms with Crippen molar-refractivity contribution in [2.24, 2.45) is 17.8 Å². The van der Waals surface area contributed by atoms with E-state index in [9.17, 15) is 4.79 Å². The quantitative estimate of drug-likeness (QED) is 0.264. The fourth-order valence-electron chi connectivity index (χ4n) is 5.71. The van der Waals surface area contributed by atoms with Crippen molar-refractivity contribution in [3.8, 4) is 22.0 Å². The third-order valence-corrected chi connectivity index (χ3v) is 8.75. The molecule has 0 radical (unpaired) electrons. The molecule has 4 aromatic heterocycles. The van der Waals surface area contributed by atoms with Crippen LogP contribution in [0.5, 0.6) is 0 Å². The summed E-state index contributed by atoms with van der Waals surface area (Å²) in [6.07, 6.45) is 7.01. The van der Waals surface area contributed by atoms with E-state index in [1.165, 1.54) is 17.5 Å². The Morgan fingerprint density at radius 2 is 1.97 bits per heavy atom. The second kappa shape index (κ2) is 9.81. The molecule has 4 aromatic rings. The number of rotatable bonds is 6. The van der Waals surface area contributed by atoms with Crippen LogP contribution in [-0.2, 0) is 9.53 Å². The van der Waals surface area contributed by atoms with Gasteiger partial charge in [0.1, 0.15) is 16.4 Å². The SMILES string of the molecule is CCOC(=O)[C@@H]1C2CCC(CC2)[C@H]1Nc1nc(-c2c[nH]c3nc(Cl)cnc23)nc(-c2ccc(Cl)s2)c1F. The number of hydrogen-bond donors (Lipinski definition) is 2. The molecule has 2 bridgehead atoms. The van der Waals surface area contributed by atoms with Crippen molar-refractivity contribution in [1.82, 2.24) is 24.9 Å². The minimum Gasteiger partial charge on any atom is -0.466 e. The first kappa shape index (κ1) is 24.5. The molecule has 8 nitrogen and oxygen atoms in total. The molecule has 3 aliphatic rings. The summed E-state index contributed by atoms with van der Waals surface area (Å²) in [6.45, 7) is 2.11. The Morgan fingerprint density at radius 3 is 2.70 bits per heavy atom. The molecule has 0 spiro atoms. The molecule has 0 aromatic carbocycles. The Morgan fingerprint density at radius 1 is 1.19 bits per heavy atom. The van der Waals surface area contributed by atoms with Gasteiger partial charge >= 0.3 is 5.97 Å². The molecule has 3 aliphatic carbocycles. The summed E-state index contributed by atoms with van der Waals surface area (Å²) in [5.41, 5.74) is 1.66. The molecule has 0 saturated heterocycles. The van der Waals surface area contributed by atoms with Gasteiger partial charge < -0.3 is 15.0 Å². The van der Waals surface area contributed by atoms with Gasteiger partial charge in [-0.3, -0.25) is 4.79 Å². The van der Waals surface area contributed by atoms with Gasteiger partial charge in [0.2, 0.25) is 0 Å². The highest BCUT2D eigenvalue weighted by atomic mass is 35.5. The Hall–Kier alpha value is -2.82. The molecule has 12 heteroatoms. The van der Waals surface area contributed by atoms with Crippen LogP contribution in [0.2, 0.25) is 9.49 Å². The standard InChI is InChI=1S/C25H23Cl2FN6O2S/c1-2-36-25(35)17-11-3-5-12(6-4-11)19(17)32-23-18(28)21(14-7-8-16(27)37-14)33-22(34-23)13-9-30-24-20(13)29-10-15(26)31-24/h7-12,17,19H,2-6H2,1H3,(H,30,31)(H,32,33,34)/t11?,12?,17-,19-/m1/s1. The normalized spacial score (nSPS) is 22.9. The lowest BCUT2D eigenvalue weighted by Crippen LogP contribution is -2.52. The maximum absolute atomic E-state index is 16.0. The number of hydrogen-bond acceptors (Lipinski definition) is 8. The second-order valence-electron chi connectivity index (χ2n) is 9.38. The van der Waals surface area contributed by atoms with Gasteiger partial charge in [0.25, 0.3) is 0 Å². The van der Waals surface area contributed by atoms with Crippen LogP contribution in [0.15, 0.2) is 24.5 Å². The first-order valence-electron chi connectivity index (χ1n) is 12.2. The van der Waals surface area contributed by atoms with E-state index >= 15 is 4.39 Å². The number of fused-ring (bicyclic) bond motifs is 4. The number of halogens is 3. The number of H-pyrrole nitrogens is 1. The van der Waals surface area contributed by atoms with E-state index in [0.717, 1.165) is 25.7 Å². The maximum atomic E-state index is 16.0. The molecule has 37 heavy (non-hydrogen) atoms. The van der Waals surface area contributed by atoms with Gasteiger partial charge in [-0.15, -0.1) is 11.3 Å². The minimum atomic E-state index is -0.597. The molecule has 0 amide bonds. The highest BCUT2D eigenvalue weighted by Crippen LogP contribution is 2.47. The molecule has 3 fully saturated rings. The molecular formula is C25H23Cl2FN6O2S. The number of esters is 1. The molecule has 2 N–H and O–H groups in total. The Bertz CT molecular complexity index is 1490. The summed E-state index contributed by atoms with van der Waals surface area (Å²) in [4.78, 5) is 34.4. The van der Waals surface area contributed by atoms with Crippen molar-refractivity contribution >= 4 is 57.5 Å². The van der Waals surface area contributed by atoms with Crippen molar-refractivity contribution in [2.75, 3.05) is 11.9 Å². The number of nitrogens with one attached hydrogen (secondary N) is 2. The number of aromatic amines is 1. The zero-order chi connectivity index (χ0) is 25.7. The average Bonchev–Trinajstić information content (AvgIpc) is 3.52. The molecule has 0 unspecified atom stereocenters. The lowest BCUT2D eigenvalue weighted by Gasteiger charge is -2.47. The van der Waals surface area contributed by atoms with Crippen molar-refractivity contribution in [1.29, 1.82) is 0 Å². The molecule has 192 valence electrons. The van der Waals surface area contributed by atoms with Crippen LogP contribution >= 0.6 is 34.5 Å². The number of carbonyl (C=O) groups excluding carboxylic acids is 1. The van der Waals surface area contributed by atoms with Gasteiger partial charge in [-0.05, 0) is 56.6 Å². The van der Waals surface area contributed by atoms with Gasteiger partial charge in [0.05, 0.1) is 33.5 Å². The fourth-order valence-corrected chi connectivity index (χ4v) is 6.87. The third kappa shape index (κ3) is 4.45. The van der Waals surface area contributed by atoms with Crippen LogP contribution in [0, 0.1) is 23.6 Å². The Balaban J connectivity index is 1.47. The Labute approximate surface area is 226 Å². The molecular weight excluding hydrogens is 538 g/mol. The number of anilines is 1. The van der Waals surface area contributed by atoms with Crippen LogP contribution in [0.25, 0.3) is 33.1 Å². The van der Waals surface area contributed by atoms with E-state index in [1.54, 1.807) is 25.3 Å². The number of aromatic nitrogens is 5. The fraction of sp³-hybridized carbons (Fsp3) is 0.400. The smallest absolute Gasteiger partial charge is 0.311 e. The van der Waals surface area contributed by atoms with E-state index < -0.39 is 5.82 Å². The number of carbonyl (C=O) groups is 1. The summed E-state index contributed by atoms with van der Waals surface area (Å²) in [6, 6.07) is 3.14. The van der Waals surface area contributed by atoms with E-state index in [2.05, 4.69) is 30.2 Å². The Kier molecular flexibility index (Phi) is 6.50. The van der Waals surface area contributed by atoms with Crippen molar-refractivity contribution in [3.63, 3.8) is 0 Å². The molecule has 0 aliphatic heterocycles. The van der Waals surface area contributed by atoms with Crippen LogP contribution in [-0.4, -0.2) is 43.5 Å². The maximum Gasteiger partial charge on any atom is 0.311 e. The average molecular weight is 561 g/mol. The molecule has 4 heterocycles. The van der Waals surface area contributed by atoms with Crippen LogP contribution < -0.4 is 5.32 Å². The van der Waals surface area contributed by atoms with Gasteiger partial charge in [0, 0.05) is 12.2 Å². The predicted molar refractivity (Wildman–Crippen MR) is 141 cm³/mol. The summed E-state index contributed by atoms with van der Waals surface area (Å²) in [5, 5.41) is 3.57. The van der Waals surface area contributed by atoms with Gasteiger partial charge in [-0.1, -0.05) is 23.2 Å². The zero-order valence-corrected chi connectivity index (χ0v) is 22.1. The summed E-state index contributed by atoms with van der Waals surface area (Å²) in [5.74, 6) is -0.468. The molecule has 7 rings (SSSR count). The molecule has 2 atom stereocenters. The number of nitrogens with zero attached hydrogens (tertiary/aromatic N) is 4. The minimum absolute atomic E-state index is 0.0349. The highest BCUT2D eigenvalue weighted by Gasteiger charge is 2.48. The first-order chi connectivity index (χ1) is 17.9. The van der Waals surface area contributed by atoms with Gasteiger partial charge in [-0.25, -0.2) is 24.3 Å². The summed E-state index contributed by atoms with van der Waals surface area (Å²) in [7, 11) is 0. The van der Waals surface area contributed by atoms with Gasteiger partial charge in [-0.2, -0.15) is 0 Å². The van der Waals surface area contributed by atoms with Gasteiger partial charge in [0.15, 0.2) is 23.1 Å². The topological polar surface area (TPSA) is 106 Å². The van der Waals surface area contributed by atoms with E-state index in [4.69, 9.17) is 27.9 Å². The van der Waals surface area contributed by atoms with Crippen molar-refractivity contribution in [3.05, 3.63) is 39.8 Å². The second-order valence-corrected chi connectivity index (χ2v) is 11.5. The first-order valence-corrected chi connectivity index (χ1v) is 13.8. The summed E-state index contributed by atoms with van der Waals surface area (Å²) >= 11 is 13.4. The van der Waals surface area contributed by atoms with E-state index in [0.29, 0.717) is 32.5 Å². The largest absolute Gasteiger partial charge is 0.466 e. The van der Waals surface area contributed by atoms with Crippen LogP contribution in [0.4, 0.5) is 10.2 Å². The van der Waals surface area contributed by atoms with E-state index in [-0.39, 0.29) is 52.3 Å². The predicted octanol–water partition coefficient (Wildman–Crippen LogP) is 6.37. The van der Waals surface area contributed by atoms with Crippen LogP contribution in [0.1, 0.15) is 32.6 Å². The molecule has 3 saturated carbocycles. The lowest BCUT2D eigenvalue weighted by molar-refractivity contribution is -0.154. The van der Waals surface area contributed by atoms with Crippen molar-refractivity contribution in [2.45, 2.75) is 38.6 Å². The monoisotopic (exact) mass is 560 g/mol. The van der Waals surface area contributed by atoms with E-state index in [1.807, 2.05) is 0 Å².